The third kappa shape index (κ3) is 4.33. The highest BCUT2D eigenvalue weighted by atomic mass is 32.2. The molecule has 2 amide bonds. The highest BCUT2D eigenvalue weighted by Gasteiger charge is 2.22. The van der Waals surface area contributed by atoms with E-state index in [1.165, 1.54) is 37.4 Å². The van der Waals surface area contributed by atoms with E-state index >= 15 is 0 Å². The maximum atomic E-state index is 13.0. The Bertz CT molecular complexity index is 1210. The molecule has 7 nitrogen and oxygen atoms in total. The summed E-state index contributed by atoms with van der Waals surface area (Å²) in [4.78, 5) is 24.0. The molecule has 154 valence electrons. The smallest absolute Gasteiger partial charge is 0.264 e. The average Bonchev–Trinajstić information content (AvgIpc) is 2.73. The molecular formula is C22H21N3O4S. The number of sulfonamides is 1. The van der Waals surface area contributed by atoms with Crippen molar-refractivity contribution >= 4 is 33.2 Å². The predicted molar refractivity (Wildman–Crippen MR) is 116 cm³/mol. The first-order valence-electron chi connectivity index (χ1n) is 9.06. The molecule has 0 spiro atoms. The molecule has 3 aromatic carbocycles. The van der Waals surface area contributed by atoms with Crippen LogP contribution < -0.4 is 15.4 Å². The zero-order valence-electron chi connectivity index (χ0n) is 16.5. The van der Waals surface area contributed by atoms with Gasteiger partial charge in [0.15, 0.2) is 0 Å². The van der Waals surface area contributed by atoms with Crippen LogP contribution in [0.15, 0.2) is 77.7 Å². The number of hydrogen-bond donors (Lipinski definition) is 2. The number of hydrogen-bond acceptors (Lipinski definition) is 4. The number of anilines is 2. The molecule has 0 aliphatic carbocycles. The van der Waals surface area contributed by atoms with E-state index in [0.717, 1.165) is 4.31 Å². The van der Waals surface area contributed by atoms with Gasteiger partial charge < -0.3 is 11.1 Å². The van der Waals surface area contributed by atoms with Gasteiger partial charge in [-0.1, -0.05) is 24.3 Å². The second kappa shape index (κ2) is 8.38. The van der Waals surface area contributed by atoms with E-state index < -0.39 is 21.8 Å². The van der Waals surface area contributed by atoms with E-state index in [9.17, 15) is 18.0 Å². The van der Waals surface area contributed by atoms with Crippen LogP contribution in [0.25, 0.3) is 0 Å². The molecule has 8 heteroatoms. The van der Waals surface area contributed by atoms with Gasteiger partial charge in [0.1, 0.15) is 0 Å². The van der Waals surface area contributed by atoms with Gasteiger partial charge in [-0.25, -0.2) is 8.42 Å². The molecule has 0 heterocycles. The predicted octanol–water partition coefficient (Wildman–Crippen LogP) is 3.17. The van der Waals surface area contributed by atoms with Crippen LogP contribution in [-0.4, -0.2) is 27.3 Å². The molecule has 0 aliphatic rings. The minimum Gasteiger partial charge on any atom is -0.366 e. The summed E-state index contributed by atoms with van der Waals surface area (Å²) in [5, 5.41) is 2.71. The Labute approximate surface area is 175 Å². The number of aryl methyl sites for hydroxylation is 1. The van der Waals surface area contributed by atoms with Crippen LogP contribution in [0.3, 0.4) is 0 Å². The van der Waals surface area contributed by atoms with Gasteiger partial charge >= 0.3 is 0 Å². The Morgan fingerprint density at radius 1 is 0.933 bits per heavy atom. The average molecular weight is 423 g/mol. The lowest BCUT2D eigenvalue weighted by Crippen LogP contribution is -2.26. The van der Waals surface area contributed by atoms with Crippen molar-refractivity contribution in [2.75, 3.05) is 16.7 Å². The number of carbonyl (C=O) groups is 2. The third-order valence-electron chi connectivity index (χ3n) is 4.62. The maximum absolute atomic E-state index is 13.0. The molecule has 0 atom stereocenters. The second-order valence-corrected chi connectivity index (χ2v) is 8.65. The molecule has 0 aliphatic heterocycles. The highest BCUT2D eigenvalue weighted by molar-refractivity contribution is 7.92. The number of benzene rings is 3. The van der Waals surface area contributed by atoms with Gasteiger partial charge in [-0.15, -0.1) is 0 Å². The monoisotopic (exact) mass is 423 g/mol. The van der Waals surface area contributed by atoms with Crippen molar-refractivity contribution in [1.82, 2.24) is 0 Å². The first kappa shape index (κ1) is 21.1. The Hall–Kier alpha value is -3.65. The quantitative estimate of drug-likeness (QED) is 0.634. The standard InChI is InChI=1S/C22H21N3O4S/c1-15-13-17(11-12-20(15)21(23)26)24-22(27)16-7-6-10-19(14-16)30(28,29)25(2)18-8-4-3-5-9-18/h3-14H,1-2H3,(H2,23,26)(H,24,27). The summed E-state index contributed by atoms with van der Waals surface area (Å²) in [5.74, 6) is -1.02. The number of para-hydroxylation sites is 1. The molecule has 3 rings (SSSR count). The zero-order valence-corrected chi connectivity index (χ0v) is 17.3. The fourth-order valence-corrected chi connectivity index (χ4v) is 4.20. The molecule has 0 saturated carbocycles. The number of primary amides is 1. The molecule has 3 aromatic rings. The van der Waals surface area contributed by atoms with Gasteiger partial charge in [0.05, 0.1) is 10.6 Å². The Morgan fingerprint density at radius 2 is 1.63 bits per heavy atom. The first-order chi connectivity index (χ1) is 14.2. The number of nitrogens with zero attached hydrogens (tertiary/aromatic N) is 1. The number of amides is 2. The molecule has 0 fully saturated rings. The maximum Gasteiger partial charge on any atom is 0.264 e. The van der Waals surface area contributed by atoms with Crippen LogP contribution in [0, 0.1) is 6.92 Å². The van der Waals surface area contributed by atoms with Crippen molar-refractivity contribution < 1.29 is 18.0 Å². The molecule has 3 N–H and O–H groups in total. The van der Waals surface area contributed by atoms with Gasteiger partial charge in [-0.3, -0.25) is 13.9 Å². The largest absolute Gasteiger partial charge is 0.366 e. The molecule has 0 saturated heterocycles. The van der Waals surface area contributed by atoms with E-state index in [2.05, 4.69) is 5.32 Å². The van der Waals surface area contributed by atoms with Crippen molar-refractivity contribution in [3.8, 4) is 0 Å². The van der Waals surface area contributed by atoms with Crippen molar-refractivity contribution in [2.24, 2.45) is 5.73 Å². The minimum atomic E-state index is -3.84. The number of nitrogens with one attached hydrogen (secondary N) is 1. The topological polar surface area (TPSA) is 110 Å². The summed E-state index contributed by atoms with van der Waals surface area (Å²) in [6.07, 6.45) is 0. The van der Waals surface area contributed by atoms with Gasteiger partial charge in [0.25, 0.3) is 15.9 Å². The van der Waals surface area contributed by atoms with Gasteiger partial charge in [-0.2, -0.15) is 0 Å². The highest BCUT2D eigenvalue weighted by Crippen LogP contribution is 2.23. The normalized spacial score (nSPS) is 11.0. The third-order valence-corrected chi connectivity index (χ3v) is 6.41. The molecule has 0 aromatic heterocycles. The van der Waals surface area contributed by atoms with Gasteiger partial charge in [-0.05, 0) is 61.0 Å². The number of nitrogens with two attached hydrogens (primary N) is 1. The van der Waals surface area contributed by atoms with Crippen molar-refractivity contribution in [3.63, 3.8) is 0 Å². The summed E-state index contributed by atoms with van der Waals surface area (Å²) in [5.41, 5.74) is 7.46. The van der Waals surface area contributed by atoms with E-state index in [4.69, 9.17) is 5.73 Å². The van der Waals surface area contributed by atoms with Crippen LogP contribution in [0.1, 0.15) is 26.3 Å². The Morgan fingerprint density at radius 3 is 2.27 bits per heavy atom. The van der Waals surface area contributed by atoms with Crippen molar-refractivity contribution in [2.45, 2.75) is 11.8 Å². The molecule has 30 heavy (non-hydrogen) atoms. The Balaban J connectivity index is 1.85. The second-order valence-electron chi connectivity index (χ2n) is 6.68. The first-order valence-corrected chi connectivity index (χ1v) is 10.5. The molecule has 0 radical (unpaired) electrons. The van der Waals surface area contributed by atoms with Crippen molar-refractivity contribution in [1.29, 1.82) is 0 Å². The Kier molecular flexibility index (Phi) is 5.89. The summed E-state index contributed by atoms with van der Waals surface area (Å²) >= 11 is 0. The van der Waals surface area contributed by atoms with Crippen LogP contribution in [0.4, 0.5) is 11.4 Å². The van der Waals surface area contributed by atoms with E-state index in [1.807, 2.05) is 0 Å². The molecule has 0 unspecified atom stereocenters. The van der Waals surface area contributed by atoms with Crippen LogP contribution in [0.2, 0.25) is 0 Å². The fourth-order valence-electron chi connectivity index (χ4n) is 2.95. The lowest BCUT2D eigenvalue weighted by atomic mass is 10.1. The zero-order chi connectivity index (χ0) is 21.9. The molecular weight excluding hydrogens is 402 g/mol. The van der Waals surface area contributed by atoms with Gasteiger partial charge in [0, 0.05) is 23.9 Å². The number of carbonyl (C=O) groups excluding carboxylic acids is 2. The summed E-state index contributed by atoms with van der Waals surface area (Å²) in [6, 6.07) is 19.2. The summed E-state index contributed by atoms with van der Waals surface area (Å²) in [6.45, 7) is 1.71. The van der Waals surface area contributed by atoms with Crippen LogP contribution >= 0.6 is 0 Å². The van der Waals surface area contributed by atoms with E-state index in [1.54, 1.807) is 49.4 Å². The SMILES string of the molecule is Cc1cc(NC(=O)c2cccc(S(=O)(=O)N(C)c3ccccc3)c2)ccc1C(N)=O. The van der Waals surface area contributed by atoms with Crippen LogP contribution in [0.5, 0.6) is 0 Å². The van der Waals surface area contributed by atoms with Crippen molar-refractivity contribution in [3.05, 3.63) is 89.5 Å². The molecule has 0 bridgehead atoms. The minimum absolute atomic E-state index is 0.00163. The lowest BCUT2D eigenvalue weighted by Gasteiger charge is -2.19. The lowest BCUT2D eigenvalue weighted by molar-refractivity contribution is 0.0997. The summed E-state index contributed by atoms with van der Waals surface area (Å²) in [7, 11) is -2.38. The van der Waals surface area contributed by atoms with E-state index in [0.29, 0.717) is 22.5 Å². The summed E-state index contributed by atoms with van der Waals surface area (Å²) < 4.78 is 27.1. The van der Waals surface area contributed by atoms with Crippen LogP contribution in [-0.2, 0) is 10.0 Å². The fraction of sp³-hybridized carbons (Fsp3) is 0.0909. The van der Waals surface area contributed by atoms with Gasteiger partial charge in [0.2, 0.25) is 5.91 Å². The van der Waals surface area contributed by atoms with E-state index in [-0.39, 0.29) is 10.5 Å². The number of rotatable bonds is 6.